The summed E-state index contributed by atoms with van der Waals surface area (Å²) in [4.78, 5) is 61.7. The van der Waals surface area contributed by atoms with Gasteiger partial charge in [0.05, 0.1) is 17.1 Å². The minimum absolute atomic E-state index is 0.0541. The third-order valence-electron chi connectivity index (χ3n) is 10.8. The molecule has 3 N–H and O–H groups in total. The van der Waals surface area contributed by atoms with E-state index in [0.717, 1.165) is 22.3 Å². The van der Waals surface area contributed by atoms with Crippen LogP contribution in [0.2, 0.25) is 0 Å². The first kappa shape index (κ1) is 39.1. The fourth-order valence-electron chi connectivity index (χ4n) is 7.70. The highest BCUT2D eigenvalue weighted by Gasteiger charge is 2.62. The van der Waals surface area contributed by atoms with E-state index in [0.29, 0.717) is 50.2 Å². The second-order valence-electron chi connectivity index (χ2n) is 16.2. The molecule has 4 aliphatic carbocycles. The lowest BCUT2D eigenvalue weighted by Gasteiger charge is -2.30. The molecule has 2 aromatic rings. The Morgan fingerprint density at radius 2 is 1.77 bits per heavy atom. The third kappa shape index (κ3) is 8.32. The molecule has 4 bridgehead atoms. The zero-order chi connectivity index (χ0) is 39.8. The zero-order valence-corrected chi connectivity index (χ0v) is 32.7. The van der Waals surface area contributed by atoms with Crippen molar-refractivity contribution in [3.05, 3.63) is 78.4 Å². The number of hydrogen-bond acceptors (Lipinski definition) is 10. The van der Waals surface area contributed by atoms with Gasteiger partial charge < -0.3 is 19.6 Å². The molecule has 0 aromatic heterocycles. The molecular formula is C41H49N5O9S. The highest BCUT2D eigenvalue weighted by molar-refractivity contribution is 7.91. The molecule has 14 nitrogen and oxygen atoms in total. The number of hydrazine groups is 1. The van der Waals surface area contributed by atoms with E-state index in [2.05, 4.69) is 27.2 Å². The molecule has 1 heterocycles. The van der Waals surface area contributed by atoms with Crippen LogP contribution in [0.3, 0.4) is 0 Å². The van der Waals surface area contributed by atoms with Gasteiger partial charge in [-0.15, -0.1) is 6.58 Å². The average Bonchev–Trinajstić information content (AvgIpc) is 4.06. The summed E-state index contributed by atoms with van der Waals surface area (Å²) >= 11 is 0. The Hall–Kier alpha value is -5.18. The minimum Gasteiger partial charge on any atom is -0.490 e. The Morgan fingerprint density at radius 3 is 2.48 bits per heavy atom. The molecule has 0 saturated heterocycles. The van der Waals surface area contributed by atoms with E-state index in [1.807, 2.05) is 54.6 Å². The van der Waals surface area contributed by atoms with Crippen LogP contribution in [0.1, 0.15) is 83.3 Å². The van der Waals surface area contributed by atoms with Gasteiger partial charge in [0, 0.05) is 23.6 Å². The van der Waals surface area contributed by atoms with Crippen LogP contribution in [0, 0.1) is 17.8 Å². The van der Waals surface area contributed by atoms with Crippen LogP contribution in [0.25, 0.3) is 11.1 Å². The summed E-state index contributed by atoms with van der Waals surface area (Å²) in [6.07, 6.45) is 7.01. The van der Waals surface area contributed by atoms with Crippen LogP contribution in [0.4, 0.5) is 4.79 Å². The lowest BCUT2D eigenvalue weighted by molar-refractivity contribution is -0.144. The number of carbonyl (C=O) groups is 4. The molecular weight excluding hydrogens is 739 g/mol. The van der Waals surface area contributed by atoms with Crippen molar-refractivity contribution < 1.29 is 41.9 Å². The lowest BCUT2D eigenvalue weighted by atomic mass is 9.93. The summed E-state index contributed by atoms with van der Waals surface area (Å²) in [6.45, 7) is 9.43. The van der Waals surface area contributed by atoms with Crippen LogP contribution in [-0.4, -0.2) is 78.6 Å². The number of sulfonamides is 1. The summed E-state index contributed by atoms with van der Waals surface area (Å²) in [6, 6.07) is 13.7. The summed E-state index contributed by atoms with van der Waals surface area (Å²) < 4.78 is 39.2. The smallest absolute Gasteiger partial charge is 0.426 e. The fraction of sp³-hybridized carbons (Fsp3) is 0.488. The van der Waals surface area contributed by atoms with Gasteiger partial charge in [-0.25, -0.2) is 18.6 Å². The first-order valence-corrected chi connectivity index (χ1v) is 20.8. The summed E-state index contributed by atoms with van der Waals surface area (Å²) in [7, 11) is -3.90. The van der Waals surface area contributed by atoms with Crippen molar-refractivity contribution in [3.63, 3.8) is 0 Å². The van der Waals surface area contributed by atoms with Crippen LogP contribution < -0.4 is 20.2 Å². The quantitative estimate of drug-likeness (QED) is 0.281. The topological polar surface area (TPSA) is 182 Å². The van der Waals surface area contributed by atoms with E-state index >= 15 is 0 Å². The Balaban J connectivity index is 1.21. The third-order valence-corrected chi connectivity index (χ3v) is 12.7. The molecule has 5 atom stereocenters. The van der Waals surface area contributed by atoms with E-state index in [1.165, 1.54) is 11.1 Å². The summed E-state index contributed by atoms with van der Waals surface area (Å²) in [5.74, 6) is -3.85. The highest BCUT2D eigenvalue weighted by atomic mass is 32.2. The van der Waals surface area contributed by atoms with E-state index in [-0.39, 0.29) is 25.8 Å². The monoisotopic (exact) mass is 787 g/mol. The SMILES string of the molecule is C=C[C@@H]1C[C@]1(NC(=O)[C@@H]1C[C@@H]2C[C@H]1C(=O)N(NC(=O)OC(C)(C)C)CCCC/C=C/COc1ccc3c(c1)/C(=N/O2)c1ccccc1-3)C(=O)NS(=O)(=O)C1CC1. The van der Waals surface area contributed by atoms with Gasteiger partial charge in [0.1, 0.15) is 35.3 Å². The first-order valence-electron chi connectivity index (χ1n) is 19.3. The average molecular weight is 788 g/mol. The maximum absolute atomic E-state index is 14.6. The number of allylic oxidation sites excluding steroid dienone is 1. The second kappa shape index (κ2) is 15.4. The standard InChI is InChI=1S/C41H49N5O9S/c1-5-25-24-41(25,38(49)45-56(51,52)28-16-17-28)42-36(47)33-22-27-23-34(33)37(48)46(43-39(50)54-40(2,3)4)19-11-7-6-8-12-20-53-26-15-18-30-29-13-9-10-14-31(29)35(44-55-27)32(30)21-26/h5,8-10,12-15,18,21,25,27-28,33-34H,1,6-7,11,16-17,19-20,22-24H2,2-4H3,(H,42,47)(H,43,50)(H,45,49)/b12-8+,44-35+/t25-,27-,33-,34-,41-/m1/s1. The second-order valence-corrected chi connectivity index (χ2v) is 18.1. The van der Waals surface area contributed by atoms with E-state index in [9.17, 15) is 27.6 Å². The number of rotatable bonds is 7. The fourth-order valence-corrected chi connectivity index (χ4v) is 9.07. The predicted octanol–water partition coefficient (Wildman–Crippen LogP) is 4.89. The van der Waals surface area contributed by atoms with Crippen molar-refractivity contribution >= 4 is 39.5 Å². The Kier molecular flexibility index (Phi) is 10.7. The van der Waals surface area contributed by atoms with E-state index in [4.69, 9.17) is 14.3 Å². The van der Waals surface area contributed by atoms with Gasteiger partial charge in [-0.05, 0) is 101 Å². The number of nitrogens with one attached hydrogen (secondary N) is 3. The molecule has 3 fully saturated rings. The molecule has 0 spiro atoms. The Bertz CT molecular complexity index is 2090. The molecule has 15 heteroatoms. The number of hydrogen-bond donors (Lipinski definition) is 3. The molecule has 2 aromatic carbocycles. The number of ether oxygens (including phenoxy) is 2. The van der Waals surface area contributed by atoms with Crippen molar-refractivity contribution in [2.24, 2.45) is 22.9 Å². The van der Waals surface area contributed by atoms with Gasteiger partial charge in [-0.1, -0.05) is 47.6 Å². The molecule has 0 unspecified atom stereocenters. The Morgan fingerprint density at radius 1 is 1.02 bits per heavy atom. The van der Waals surface area contributed by atoms with Gasteiger partial charge >= 0.3 is 6.09 Å². The molecule has 5 aliphatic rings. The molecule has 298 valence electrons. The van der Waals surface area contributed by atoms with Gasteiger partial charge in [0.2, 0.25) is 21.8 Å². The van der Waals surface area contributed by atoms with Crippen molar-refractivity contribution in [1.29, 1.82) is 0 Å². The number of oxime groups is 1. The normalized spacial score (nSPS) is 27.7. The van der Waals surface area contributed by atoms with E-state index in [1.54, 1.807) is 20.8 Å². The van der Waals surface area contributed by atoms with E-state index < -0.39 is 74.1 Å². The lowest BCUT2D eigenvalue weighted by Crippen LogP contribution is -2.55. The molecule has 0 radical (unpaired) electrons. The van der Waals surface area contributed by atoms with Gasteiger partial charge in [0.15, 0.2) is 0 Å². The number of benzene rings is 2. The first-order chi connectivity index (χ1) is 26.7. The van der Waals surface area contributed by atoms with Crippen LogP contribution >= 0.6 is 0 Å². The van der Waals surface area contributed by atoms with Crippen LogP contribution in [0.5, 0.6) is 5.75 Å². The van der Waals surface area contributed by atoms with Crippen LogP contribution in [-0.2, 0) is 34.0 Å². The number of amides is 4. The summed E-state index contributed by atoms with van der Waals surface area (Å²) in [5, 5.41) is 8.04. The molecule has 3 saturated carbocycles. The molecule has 56 heavy (non-hydrogen) atoms. The van der Waals surface area contributed by atoms with Crippen molar-refractivity contribution in [3.8, 4) is 16.9 Å². The molecule has 7 rings (SSSR count). The van der Waals surface area contributed by atoms with Gasteiger partial charge in [-0.3, -0.25) is 24.1 Å². The largest absolute Gasteiger partial charge is 0.490 e. The summed E-state index contributed by atoms with van der Waals surface area (Å²) in [5.41, 5.74) is 4.43. The van der Waals surface area contributed by atoms with Crippen molar-refractivity contribution in [1.82, 2.24) is 20.5 Å². The maximum atomic E-state index is 14.6. The number of fused-ring (bicyclic) bond motifs is 6. The number of nitrogens with zero attached hydrogens (tertiary/aromatic N) is 2. The van der Waals surface area contributed by atoms with Gasteiger partial charge in [-0.2, -0.15) is 0 Å². The predicted molar refractivity (Wildman–Crippen MR) is 207 cm³/mol. The zero-order valence-electron chi connectivity index (χ0n) is 31.9. The maximum Gasteiger partial charge on any atom is 0.426 e. The minimum atomic E-state index is -3.90. The van der Waals surface area contributed by atoms with Crippen LogP contribution in [0.15, 0.2) is 72.4 Å². The Labute approximate surface area is 327 Å². The molecule has 4 amide bonds. The van der Waals surface area contributed by atoms with Gasteiger partial charge in [0.25, 0.3) is 5.91 Å². The van der Waals surface area contributed by atoms with Crippen molar-refractivity contribution in [2.45, 2.75) is 94.6 Å². The number of carbonyl (C=O) groups excluding carboxylic acids is 4. The van der Waals surface area contributed by atoms with Crippen molar-refractivity contribution in [2.75, 3.05) is 13.2 Å². The highest BCUT2D eigenvalue weighted by Crippen LogP contribution is 2.47. The molecule has 1 aliphatic heterocycles.